The third-order valence-corrected chi connectivity index (χ3v) is 5.04. The first-order chi connectivity index (χ1) is 15.0. The zero-order chi connectivity index (χ0) is 21.8. The minimum atomic E-state index is -0.699. The van der Waals surface area contributed by atoms with Crippen LogP contribution >= 0.6 is 0 Å². The van der Waals surface area contributed by atoms with Crippen LogP contribution in [0, 0.1) is 0 Å². The monoisotopic (exact) mass is 413 g/mol. The molecule has 3 aromatic rings. The molecule has 0 N–H and O–H groups in total. The summed E-state index contributed by atoms with van der Waals surface area (Å²) in [7, 11) is 0. The predicted molar refractivity (Wildman–Crippen MR) is 115 cm³/mol. The zero-order valence-corrected chi connectivity index (χ0v) is 16.6. The largest absolute Gasteiger partial charge is 0.454 e. The Morgan fingerprint density at radius 3 is 2.06 bits per heavy atom. The van der Waals surface area contributed by atoms with Crippen LogP contribution < -0.4 is 4.90 Å². The smallest absolute Gasteiger partial charge is 0.338 e. The standard InChI is InChI=1S/C25H19NO5/c27-22(19-11-9-18(10-12-19)17-5-2-1-3-6-17)16-31-25(30)20-7-4-8-21(15-20)26-23(28)13-14-24(26)29/h1-12,15H,13-14,16H2. The summed E-state index contributed by atoms with van der Waals surface area (Å²) in [6.45, 7) is -0.407. The highest BCUT2D eigenvalue weighted by Crippen LogP contribution is 2.24. The maximum absolute atomic E-state index is 12.4. The summed E-state index contributed by atoms with van der Waals surface area (Å²) in [4.78, 5) is 49.7. The Morgan fingerprint density at radius 2 is 1.39 bits per heavy atom. The number of hydrogen-bond donors (Lipinski definition) is 0. The zero-order valence-electron chi connectivity index (χ0n) is 16.6. The summed E-state index contributed by atoms with van der Waals surface area (Å²) >= 11 is 0. The molecule has 31 heavy (non-hydrogen) atoms. The van der Waals surface area contributed by atoms with Crippen LogP contribution in [0.4, 0.5) is 5.69 Å². The van der Waals surface area contributed by atoms with Gasteiger partial charge in [0.25, 0.3) is 0 Å². The molecule has 0 aromatic heterocycles. The molecule has 4 rings (SSSR count). The molecule has 6 heteroatoms. The Labute approximate surface area is 179 Å². The first-order valence-corrected chi connectivity index (χ1v) is 9.84. The van der Waals surface area contributed by atoms with Crippen molar-refractivity contribution in [2.75, 3.05) is 11.5 Å². The number of carbonyl (C=O) groups is 4. The number of anilines is 1. The van der Waals surface area contributed by atoms with Gasteiger partial charge in [0.15, 0.2) is 12.4 Å². The lowest BCUT2D eigenvalue weighted by Crippen LogP contribution is -2.28. The summed E-state index contributed by atoms with van der Waals surface area (Å²) in [5.41, 5.74) is 2.95. The fourth-order valence-corrected chi connectivity index (χ4v) is 3.41. The number of hydrogen-bond acceptors (Lipinski definition) is 5. The number of carbonyl (C=O) groups excluding carboxylic acids is 4. The number of ether oxygens (including phenoxy) is 1. The van der Waals surface area contributed by atoms with E-state index in [4.69, 9.17) is 4.74 Å². The van der Waals surface area contributed by atoms with Gasteiger partial charge in [-0.1, -0.05) is 60.7 Å². The van der Waals surface area contributed by atoms with Gasteiger partial charge in [-0.2, -0.15) is 0 Å². The highest BCUT2D eigenvalue weighted by atomic mass is 16.5. The third kappa shape index (κ3) is 4.43. The van der Waals surface area contributed by atoms with Gasteiger partial charge in [-0.3, -0.25) is 19.3 Å². The third-order valence-electron chi connectivity index (χ3n) is 5.04. The van der Waals surface area contributed by atoms with E-state index < -0.39 is 12.6 Å². The number of ketones is 1. The van der Waals surface area contributed by atoms with Gasteiger partial charge in [0.05, 0.1) is 11.3 Å². The quantitative estimate of drug-likeness (QED) is 0.346. The average Bonchev–Trinajstić information content (AvgIpc) is 3.15. The van der Waals surface area contributed by atoms with Crippen LogP contribution in [0.3, 0.4) is 0 Å². The second-order valence-corrected chi connectivity index (χ2v) is 7.12. The topological polar surface area (TPSA) is 80.8 Å². The first-order valence-electron chi connectivity index (χ1n) is 9.84. The van der Waals surface area contributed by atoms with Crippen molar-refractivity contribution in [2.45, 2.75) is 12.8 Å². The second-order valence-electron chi connectivity index (χ2n) is 7.12. The molecule has 0 bridgehead atoms. The first kappa shape index (κ1) is 20.2. The maximum atomic E-state index is 12.4. The minimum absolute atomic E-state index is 0.158. The maximum Gasteiger partial charge on any atom is 0.338 e. The van der Waals surface area contributed by atoms with Crippen molar-refractivity contribution in [3.8, 4) is 11.1 Å². The average molecular weight is 413 g/mol. The van der Waals surface area contributed by atoms with Crippen LogP contribution in [0.2, 0.25) is 0 Å². The molecular weight excluding hydrogens is 394 g/mol. The van der Waals surface area contributed by atoms with E-state index >= 15 is 0 Å². The van der Waals surface area contributed by atoms with E-state index in [1.807, 2.05) is 42.5 Å². The highest BCUT2D eigenvalue weighted by Gasteiger charge is 2.30. The molecule has 6 nitrogen and oxygen atoms in total. The molecule has 0 saturated carbocycles. The van der Waals surface area contributed by atoms with Crippen molar-refractivity contribution >= 4 is 29.3 Å². The number of esters is 1. The Morgan fingerprint density at radius 1 is 0.742 bits per heavy atom. The normalized spacial score (nSPS) is 13.4. The number of benzene rings is 3. The van der Waals surface area contributed by atoms with Crippen LogP contribution in [0.5, 0.6) is 0 Å². The lowest BCUT2D eigenvalue weighted by Gasteiger charge is -2.14. The van der Waals surface area contributed by atoms with Crippen molar-refractivity contribution in [1.82, 2.24) is 0 Å². The lowest BCUT2D eigenvalue weighted by atomic mass is 10.0. The molecule has 0 radical (unpaired) electrons. The van der Waals surface area contributed by atoms with Crippen LogP contribution in [0.25, 0.3) is 11.1 Å². The molecule has 1 aliphatic rings. The van der Waals surface area contributed by atoms with Gasteiger partial charge >= 0.3 is 5.97 Å². The molecule has 0 atom stereocenters. The molecule has 0 aliphatic carbocycles. The van der Waals surface area contributed by atoms with E-state index in [9.17, 15) is 19.2 Å². The van der Waals surface area contributed by atoms with Crippen molar-refractivity contribution in [2.24, 2.45) is 0 Å². The molecule has 1 fully saturated rings. The van der Waals surface area contributed by atoms with Crippen molar-refractivity contribution in [3.63, 3.8) is 0 Å². The van der Waals surface area contributed by atoms with Crippen LogP contribution in [-0.2, 0) is 14.3 Å². The van der Waals surface area contributed by atoms with E-state index in [1.165, 1.54) is 12.1 Å². The lowest BCUT2D eigenvalue weighted by molar-refractivity contribution is -0.121. The summed E-state index contributed by atoms with van der Waals surface area (Å²) in [6, 6.07) is 22.9. The molecular formula is C25H19NO5. The number of imide groups is 1. The van der Waals surface area contributed by atoms with Gasteiger partial charge in [0.2, 0.25) is 11.8 Å². The van der Waals surface area contributed by atoms with Gasteiger partial charge in [0.1, 0.15) is 0 Å². The van der Waals surface area contributed by atoms with Gasteiger partial charge in [0, 0.05) is 18.4 Å². The highest BCUT2D eigenvalue weighted by molar-refractivity contribution is 6.20. The van der Waals surface area contributed by atoms with Gasteiger partial charge in [-0.15, -0.1) is 0 Å². The van der Waals surface area contributed by atoms with Crippen LogP contribution in [0.1, 0.15) is 33.6 Å². The predicted octanol–water partition coefficient (Wildman–Crippen LogP) is 4.05. The number of Topliss-reactive ketones (excluding diaryl/α,β-unsaturated/α-hetero) is 1. The Hall–Kier alpha value is -4.06. The second kappa shape index (κ2) is 8.75. The minimum Gasteiger partial charge on any atom is -0.454 e. The van der Waals surface area contributed by atoms with Crippen molar-refractivity contribution < 1.29 is 23.9 Å². The summed E-state index contributed by atoms with van der Waals surface area (Å²) < 4.78 is 5.15. The summed E-state index contributed by atoms with van der Waals surface area (Å²) in [6.07, 6.45) is 0.316. The molecule has 2 amide bonds. The number of amides is 2. The van der Waals surface area contributed by atoms with Crippen molar-refractivity contribution in [1.29, 1.82) is 0 Å². The van der Waals surface area contributed by atoms with E-state index in [2.05, 4.69) is 0 Å². The number of rotatable bonds is 6. The molecule has 3 aromatic carbocycles. The molecule has 0 spiro atoms. The van der Waals surface area contributed by atoms with Gasteiger partial charge < -0.3 is 4.74 Å². The SMILES string of the molecule is O=C(COC(=O)c1cccc(N2C(=O)CCC2=O)c1)c1ccc(-c2ccccc2)cc1. The number of nitrogens with zero attached hydrogens (tertiary/aromatic N) is 1. The molecule has 1 saturated heterocycles. The van der Waals surface area contributed by atoms with E-state index in [-0.39, 0.29) is 36.0 Å². The van der Waals surface area contributed by atoms with Gasteiger partial charge in [-0.25, -0.2) is 4.79 Å². The van der Waals surface area contributed by atoms with Crippen LogP contribution in [-0.4, -0.2) is 30.2 Å². The summed E-state index contributed by atoms with van der Waals surface area (Å²) in [5, 5.41) is 0. The molecule has 154 valence electrons. The summed E-state index contributed by atoms with van der Waals surface area (Å²) in [5.74, 6) is -1.63. The van der Waals surface area contributed by atoms with E-state index in [0.29, 0.717) is 11.3 Å². The Kier molecular flexibility index (Phi) is 5.71. The molecule has 0 unspecified atom stereocenters. The van der Waals surface area contributed by atoms with Gasteiger partial charge in [-0.05, 0) is 29.3 Å². The van der Waals surface area contributed by atoms with E-state index in [1.54, 1.807) is 24.3 Å². The molecule has 1 heterocycles. The van der Waals surface area contributed by atoms with Crippen molar-refractivity contribution in [3.05, 3.63) is 90.0 Å². The van der Waals surface area contributed by atoms with E-state index in [0.717, 1.165) is 16.0 Å². The Balaban J connectivity index is 1.40. The Bertz CT molecular complexity index is 1140. The fourth-order valence-electron chi connectivity index (χ4n) is 3.41. The fraction of sp³-hybridized carbons (Fsp3) is 0.120. The molecule has 1 aliphatic heterocycles. The van der Waals surface area contributed by atoms with Crippen LogP contribution in [0.15, 0.2) is 78.9 Å².